The van der Waals surface area contributed by atoms with Crippen molar-refractivity contribution < 1.29 is 0 Å². The van der Waals surface area contributed by atoms with Gasteiger partial charge in [-0.15, -0.1) is 23.1 Å². The summed E-state index contributed by atoms with van der Waals surface area (Å²) in [6.07, 6.45) is 4.70. The molecule has 2 aromatic rings. The predicted octanol–water partition coefficient (Wildman–Crippen LogP) is 4.00. The molecule has 0 spiro atoms. The summed E-state index contributed by atoms with van der Waals surface area (Å²) < 4.78 is 0. The van der Waals surface area contributed by atoms with Gasteiger partial charge < -0.3 is 5.32 Å². The molecule has 1 saturated carbocycles. The molecule has 4 heteroatoms. The van der Waals surface area contributed by atoms with E-state index in [9.17, 15) is 0 Å². The third-order valence-electron chi connectivity index (χ3n) is 3.13. The minimum atomic E-state index is 0.771. The fourth-order valence-electron chi connectivity index (χ4n) is 1.81. The van der Waals surface area contributed by atoms with Crippen molar-refractivity contribution in [1.82, 2.24) is 10.3 Å². The molecule has 1 fully saturated rings. The van der Waals surface area contributed by atoms with Crippen molar-refractivity contribution in [3.63, 3.8) is 0 Å². The Balaban J connectivity index is 1.50. The molecule has 1 heterocycles. The van der Waals surface area contributed by atoms with Crippen LogP contribution < -0.4 is 5.32 Å². The number of benzene rings is 1. The van der Waals surface area contributed by atoms with E-state index in [1.165, 1.54) is 33.2 Å². The Hall–Kier alpha value is -0.840. The second-order valence-corrected chi connectivity index (χ2v) is 7.23. The maximum Gasteiger partial charge on any atom is 0.103 e. The van der Waals surface area contributed by atoms with Crippen LogP contribution in [0.5, 0.6) is 0 Å². The topological polar surface area (TPSA) is 24.9 Å². The second-order valence-electron chi connectivity index (χ2n) is 4.98. The zero-order valence-corrected chi connectivity index (χ0v) is 12.7. The van der Waals surface area contributed by atoms with E-state index in [2.05, 4.69) is 41.5 Å². The van der Waals surface area contributed by atoms with E-state index in [-0.39, 0.29) is 0 Å². The molecule has 19 heavy (non-hydrogen) atoms. The van der Waals surface area contributed by atoms with Gasteiger partial charge in [0.05, 0.1) is 5.75 Å². The summed E-state index contributed by atoms with van der Waals surface area (Å²) in [5.74, 6) is 0.969. The van der Waals surface area contributed by atoms with Gasteiger partial charge in [-0.1, -0.05) is 17.7 Å². The van der Waals surface area contributed by atoms with Gasteiger partial charge in [-0.3, -0.25) is 0 Å². The van der Waals surface area contributed by atoms with Crippen molar-refractivity contribution in [3.8, 4) is 0 Å². The summed E-state index contributed by atoms with van der Waals surface area (Å²) in [6, 6.07) is 9.46. The van der Waals surface area contributed by atoms with E-state index in [1.807, 2.05) is 29.3 Å². The summed E-state index contributed by atoms with van der Waals surface area (Å²) in [5, 5.41) is 4.75. The molecule has 1 aromatic carbocycles. The maximum absolute atomic E-state index is 4.50. The van der Waals surface area contributed by atoms with Crippen molar-refractivity contribution in [3.05, 3.63) is 45.9 Å². The molecule has 2 nitrogen and oxygen atoms in total. The first-order chi connectivity index (χ1) is 9.29. The molecule has 0 bridgehead atoms. The van der Waals surface area contributed by atoms with Crippen molar-refractivity contribution in [1.29, 1.82) is 0 Å². The molecular weight excluding hydrogens is 272 g/mol. The van der Waals surface area contributed by atoms with Crippen LogP contribution in [-0.4, -0.2) is 11.0 Å². The van der Waals surface area contributed by atoms with Gasteiger partial charge in [0.15, 0.2) is 0 Å². The molecule has 0 saturated heterocycles. The summed E-state index contributed by atoms with van der Waals surface area (Å²) in [7, 11) is 0. The monoisotopic (exact) mass is 290 g/mol. The first kappa shape index (κ1) is 13.2. The predicted molar refractivity (Wildman–Crippen MR) is 82.7 cm³/mol. The van der Waals surface area contributed by atoms with Crippen LogP contribution in [0.2, 0.25) is 0 Å². The summed E-state index contributed by atoms with van der Waals surface area (Å²) in [4.78, 5) is 7.18. The van der Waals surface area contributed by atoms with E-state index < -0.39 is 0 Å². The van der Waals surface area contributed by atoms with Gasteiger partial charge in [0.2, 0.25) is 0 Å². The number of aryl methyl sites for hydroxylation is 1. The van der Waals surface area contributed by atoms with Crippen LogP contribution in [0.25, 0.3) is 0 Å². The van der Waals surface area contributed by atoms with Gasteiger partial charge in [0.25, 0.3) is 0 Å². The summed E-state index contributed by atoms with van der Waals surface area (Å²) >= 11 is 3.69. The number of hydrogen-bond donors (Lipinski definition) is 1. The van der Waals surface area contributed by atoms with Crippen LogP contribution in [0.15, 0.2) is 35.4 Å². The van der Waals surface area contributed by atoms with Crippen LogP contribution in [0, 0.1) is 6.92 Å². The third-order valence-corrected chi connectivity index (χ3v) is 5.33. The third kappa shape index (κ3) is 4.06. The molecule has 0 unspecified atom stereocenters. The lowest BCUT2D eigenvalue weighted by molar-refractivity contribution is 0.694. The normalized spacial score (nSPS) is 14.8. The summed E-state index contributed by atoms with van der Waals surface area (Å²) in [5.41, 5.74) is 1.31. The zero-order chi connectivity index (χ0) is 13.1. The van der Waals surface area contributed by atoms with E-state index in [1.54, 1.807) is 0 Å². The molecule has 0 amide bonds. The largest absolute Gasteiger partial charge is 0.309 e. The Labute approximate surface area is 122 Å². The Morgan fingerprint density at radius 2 is 2.11 bits per heavy atom. The number of thioether (sulfide) groups is 1. The molecule has 1 aliphatic carbocycles. The molecule has 100 valence electrons. The number of hydrogen-bond acceptors (Lipinski definition) is 4. The average molecular weight is 290 g/mol. The lowest BCUT2D eigenvalue weighted by atomic mass is 10.2. The number of aromatic nitrogens is 1. The minimum Gasteiger partial charge on any atom is -0.309 e. The van der Waals surface area contributed by atoms with Gasteiger partial charge in [-0.25, -0.2) is 4.98 Å². The second kappa shape index (κ2) is 6.07. The van der Waals surface area contributed by atoms with E-state index in [0.717, 1.165) is 18.3 Å². The number of nitrogens with one attached hydrogen (secondary N) is 1. The van der Waals surface area contributed by atoms with Gasteiger partial charge >= 0.3 is 0 Å². The highest BCUT2D eigenvalue weighted by atomic mass is 32.2. The van der Waals surface area contributed by atoms with Crippen LogP contribution in [0.1, 0.15) is 28.3 Å². The number of thiazole rings is 1. The SMILES string of the molecule is Cc1ccc(SCc2ncc(CNC3CC3)s2)cc1. The highest BCUT2D eigenvalue weighted by molar-refractivity contribution is 7.98. The molecule has 1 aromatic heterocycles. The Morgan fingerprint density at radius 3 is 2.84 bits per heavy atom. The molecular formula is C15H18N2S2. The van der Waals surface area contributed by atoms with Crippen molar-refractivity contribution in [2.45, 2.75) is 43.0 Å². The fourth-order valence-corrected chi connectivity index (χ4v) is 3.58. The lowest BCUT2D eigenvalue weighted by Gasteiger charge is -2.00. The highest BCUT2D eigenvalue weighted by Crippen LogP contribution is 2.26. The Bertz CT molecular complexity index is 529. The molecule has 3 rings (SSSR count). The van der Waals surface area contributed by atoms with Crippen LogP contribution in [-0.2, 0) is 12.3 Å². The molecule has 0 radical (unpaired) electrons. The quantitative estimate of drug-likeness (QED) is 0.814. The summed E-state index contributed by atoms with van der Waals surface area (Å²) in [6.45, 7) is 3.10. The van der Waals surface area contributed by atoms with Crippen molar-refractivity contribution in [2.75, 3.05) is 0 Å². The molecule has 0 atom stereocenters. The lowest BCUT2D eigenvalue weighted by Crippen LogP contribution is -2.14. The molecule has 1 aliphatic rings. The fraction of sp³-hybridized carbons (Fsp3) is 0.400. The van der Waals surface area contributed by atoms with Crippen LogP contribution >= 0.6 is 23.1 Å². The van der Waals surface area contributed by atoms with E-state index in [4.69, 9.17) is 0 Å². The van der Waals surface area contributed by atoms with Gasteiger partial charge in [0.1, 0.15) is 5.01 Å². The first-order valence-electron chi connectivity index (χ1n) is 6.66. The number of nitrogens with zero attached hydrogens (tertiary/aromatic N) is 1. The average Bonchev–Trinajstić information content (AvgIpc) is 3.15. The van der Waals surface area contributed by atoms with Crippen molar-refractivity contribution >= 4 is 23.1 Å². The Morgan fingerprint density at radius 1 is 1.32 bits per heavy atom. The van der Waals surface area contributed by atoms with Crippen LogP contribution in [0.4, 0.5) is 0 Å². The highest BCUT2D eigenvalue weighted by Gasteiger charge is 2.20. The van der Waals surface area contributed by atoms with Crippen molar-refractivity contribution in [2.24, 2.45) is 0 Å². The van der Waals surface area contributed by atoms with E-state index >= 15 is 0 Å². The standard InChI is InChI=1S/C15H18N2S2/c1-11-2-6-13(7-3-11)18-10-15-17-9-14(19-15)8-16-12-4-5-12/h2-3,6-7,9,12,16H,4-5,8,10H2,1H3. The smallest absolute Gasteiger partial charge is 0.103 e. The van der Waals surface area contributed by atoms with Crippen LogP contribution in [0.3, 0.4) is 0 Å². The first-order valence-corrected chi connectivity index (χ1v) is 8.46. The zero-order valence-electron chi connectivity index (χ0n) is 11.1. The maximum atomic E-state index is 4.50. The molecule has 1 N–H and O–H groups in total. The van der Waals surface area contributed by atoms with Gasteiger partial charge in [-0.2, -0.15) is 0 Å². The van der Waals surface area contributed by atoms with Gasteiger partial charge in [0, 0.05) is 28.6 Å². The van der Waals surface area contributed by atoms with Gasteiger partial charge in [-0.05, 0) is 31.9 Å². The minimum absolute atomic E-state index is 0.771. The molecule has 0 aliphatic heterocycles. The number of rotatable bonds is 6. The Kier molecular flexibility index (Phi) is 4.21. The van der Waals surface area contributed by atoms with E-state index in [0.29, 0.717) is 0 Å².